The van der Waals surface area contributed by atoms with E-state index in [4.69, 9.17) is 9.84 Å². The summed E-state index contributed by atoms with van der Waals surface area (Å²) in [5, 5.41) is 12.5. The summed E-state index contributed by atoms with van der Waals surface area (Å²) >= 11 is 0. The third kappa shape index (κ3) is 8.06. The second-order valence-corrected chi connectivity index (χ2v) is 5.78. The molecule has 154 valence electrons. The Balaban J connectivity index is 2.61. The Morgan fingerprint density at radius 1 is 1.11 bits per heavy atom. The lowest BCUT2D eigenvalue weighted by Gasteiger charge is -2.21. The molecular formula is C17H19F3N2O6. The van der Waals surface area contributed by atoms with Crippen LogP contribution < -0.4 is 10.6 Å². The normalized spacial score (nSPS) is 13.1. The van der Waals surface area contributed by atoms with Crippen LogP contribution in [0.15, 0.2) is 30.3 Å². The molecular weight excluding hydrogens is 385 g/mol. The average Bonchev–Trinajstić information content (AvgIpc) is 2.62. The summed E-state index contributed by atoms with van der Waals surface area (Å²) < 4.78 is 42.7. The highest BCUT2D eigenvalue weighted by Crippen LogP contribution is 2.20. The summed E-state index contributed by atoms with van der Waals surface area (Å²) in [6.07, 6.45) is -7.74. The highest BCUT2D eigenvalue weighted by molar-refractivity contribution is 5.94. The molecule has 0 aliphatic carbocycles. The number of alkyl carbamates (subject to hydrolysis) is 1. The summed E-state index contributed by atoms with van der Waals surface area (Å²) in [6.45, 7) is 1.08. The first kappa shape index (κ1) is 22.9. The fourth-order valence-electron chi connectivity index (χ4n) is 2.04. The Bertz CT molecular complexity index is 709. The van der Waals surface area contributed by atoms with Crippen molar-refractivity contribution in [3.63, 3.8) is 0 Å². The zero-order valence-electron chi connectivity index (χ0n) is 14.8. The predicted molar refractivity (Wildman–Crippen MR) is 89.1 cm³/mol. The van der Waals surface area contributed by atoms with E-state index in [1.165, 1.54) is 6.92 Å². The molecule has 0 radical (unpaired) electrons. The topological polar surface area (TPSA) is 122 Å². The Labute approximate surface area is 158 Å². The van der Waals surface area contributed by atoms with Gasteiger partial charge in [-0.1, -0.05) is 30.3 Å². The molecule has 0 fully saturated rings. The maximum absolute atomic E-state index is 12.6. The zero-order chi connectivity index (χ0) is 21.3. The molecule has 1 aromatic carbocycles. The first-order valence-electron chi connectivity index (χ1n) is 8.11. The molecule has 0 spiro atoms. The van der Waals surface area contributed by atoms with E-state index in [9.17, 15) is 32.3 Å². The molecule has 0 aliphatic heterocycles. The molecule has 11 heteroatoms. The maximum atomic E-state index is 12.6. The quantitative estimate of drug-likeness (QED) is 0.577. The summed E-state index contributed by atoms with van der Waals surface area (Å²) in [6, 6.07) is 5.20. The van der Waals surface area contributed by atoms with Gasteiger partial charge in [0, 0.05) is 6.42 Å². The first-order chi connectivity index (χ1) is 13.0. The zero-order valence-corrected chi connectivity index (χ0v) is 14.8. The van der Waals surface area contributed by atoms with Crippen LogP contribution in [-0.4, -0.2) is 47.1 Å². The van der Waals surface area contributed by atoms with Crippen LogP contribution >= 0.6 is 0 Å². The number of Topliss-reactive ketones (excluding diaryl/α,β-unsaturated/α-hetero) is 1. The van der Waals surface area contributed by atoms with Crippen molar-refractivity contribution in [3.8, 4) is 0 Å². The molecule has 0 heterocycles. The van der Waals surface area contributed by atoms with Crippen molar-refractivity contribution in [1.82, 2.24) is 10.6 Å². The molecule has 1 rings (SSSR count). The van der Waals surface area contributed by atoms with E-state index < -0.39 is 54.9 Å². The Kier molecular flexibility index (Phi) is 8.42. The fourth-order valence-corrected chi connectivity index (χ4v) is 2.04. The average molecular weight is 404 g/mol. The number of aliphatic carboxylic acids is 1. The van der Waals surface area contributed by atoms with Gasteiger partial charge in [-0.05, 0) is 18.9 Å². The van der Waals surface area contributed by atoms with Gasteiger partial charge in [-0.15, -0.1) is 0 Å². The van der Waals surface area contributed by atoms with Gasteiger partial charge in [-0.2, -0.15) is 13.2 Å². The smallest absolute Gasteiger partial charge is 0.452 e. The molecule has 2 amide bonds. The standard InChI is InChI=1S/C17H19F3N2O6/c1-10(21-16(27)28-9-11-5-3-2-4-6-11)15(26)22-12(7-8-13(23)24)14(25)17(18,19)20/h2-6,10,12H,7-9H2,1H3,(H,21,27)(H,22,26)(H,23,24)/t10-,12-/m0/s1. The van der Waals surface area contributed by atoms with Gasteiger partial charge in [-0.25, -0.2) is 4.79 Å². The van der Waals surface area contributed by atoms with Crippen LogP contribution in [0.5, 0.6) is 0 Å². The number of hydrogen-bond acceptors (Lipinski definition) is 5. The molecule has 0 bridgehead atoms. The second-order valence-electron chi connectivity index (χ2n) is 5.78. The van der Waals surface area contributed by atoms with Gasteiger partial charge in [0.25, 0.3) is 5.78 Å². The third-order valence-corrected chi connectivity index (χ3v) is 3.50. The molecule has 0 saturated heterocycles. The number of rotatable bonds is 9. The number of halogens is 3. The highest BCUT2D eigenvalue weighted by Gasteiger charge is 2.44. The largest absolute Gasteiger partial charge is 0.481 e. The van der Waals surface area contributed by atoms with E-state index in [1.807, 2.05) is 5.32 Å². The van der Waals surface area contributed by atoms with Crippen LogP contribution in [0.3, 0.4) is 0 Å². The minimum absolute atomic E-state index is 0.0885. The van der Waals surface area contributed by atoms with Crippen LogP contribution in [0.2, 0.25) is 0 Å². The van der Waals surface area contributed by atoms with Crippen molar-refractivity contribution in [3.05, 3.63) is 35.9 Å². The number of ketones is 1. The number of alkyl halides is 3. The van der Waals surface area contributed by atoms with Crippen LogP contribution in [0.25, 0.3) is 0 Å². The van der Waals surface area contributed by atoms with Crippen LogP contribution in [0, 0.1) is 0 Å². The van der Waals surface area contributed by atoms with Gasteiger partial charge in [0.05, 0.1) is 6.04 Å². The number of carbonyl (C=O) groups is 4. The van der Waals surface area contributed by atoms with Crippen molar-refractivity contribution < 1.29 is 42.2 Å². The number of carbonyl (C=O) groups excluding carboxylic acids is 3. The second kappa shape index (κ2) is 10.3. The number of hydrogen-bond donors (Lipinski definition) is 3. The van der Waals surface area contributed by atoms with Gasteiger partial charge in [0.1, 0.15) is 12.6 Å². The lowest BCUT2D eigenvalue weighted by atomic mass is 10.1. The highest BCUT2D eigenvalue weighted by atomic mass is 19.4. The molecule has 28 heavy (non-hydrogen) atoms. The number of benzene rings is 1. The van der Waals surface area contributed by atoms with Crippen LogP contribution in [0.4, 0.5) is 18.0 Å². The third-order valence-electron chi connectivity index (χ3n) is 3.50. The van der Waals surface area contributed by atoms with Crippen LogP contribution in [-0.2, 0) is 25.7 Å². The predicted octanol–water partition coefficient (Wildman–Crippen LogP) is 1.78. The monoisotopic (exact) mass is 404 g/mol. The molecule has 0 aliphatic rings. The Morgan fingerprint density at radius 3 is 2.25 bits per heavy atom. The lowest BCUT2D eigenvalue weighted by Crippen LogP contribution is -2.53. The van der Waals surface area contributed by atoms with Crippen molar-refractivity contribution in [2.24, 2.45) is 0 Å². The van der Waals surface area contributed by atoms with Gasteiger partial charge >= 0.3 is 18.2 Å². The lowest BCUT2D eigenvalue weighted by molar-refractivity contribution is -0.174. The molecule has 0 unspecified atom stereocenters. The van der Waals surface area contributed by atoms with E-state index in [0.717, 1.165) is 0 Å². The van der Waals surface area contributed by atoms with Gasteiger partial charge in [-0.3, -0.25) is 14.4 Å². The van der Waals surface area contributed by atoms with Gasteiger partial charge < -0.3 is 20.5 Å². The minimum atomic E-state index is -5.25. The van der Waals surface area contributed by atoms with Crippen molar-refractivity contribution in [2.75, 3.05) is 0 Å². The molecule has 3 N–H and O–H groups in total. The number of carboxylic acids is 1. The number of ether oxygens (including phenoxy) is 1. The summed E-state index contributed by atoms with van der Waals surface area (Å²) in [4.78, 5) is 45.6. The summed E-state index contributed by atoms with van der Waals surface area (Å²) in [5.74, 6) is -4.80. The van der Waals surface area contributed by atoms with E-state index >= 15 is 0 Å². The van der Waals surface area contributed by atoms with E-state index in [-0.39, 0.29) is 6.61 Å². The number of carboxylic acid groups (broad SMARTS) is 1. The Morgan fingerprint density at radius 2 is 1.71 bits per heavy atom. The number of amides is 2. The van der Waals surface area contributed by atoms with Crippen molar-refractivity contribution in [2.45, 2.75) is 44.6 Å². The first-order valence-corrected chi connectivity index (χ1v) is 8.11. The molecule has 0 saturated carbocycles. The molecule has 1 aromatic rings. The van der Waals surface area contributed by atoms with Crippen molar-refractivity contribution >= 4 is 23.8 Å². The van der Waals surface area contributed by atoms with Gasteiger partial charge in [0.15, 0.2) is 0 Å². The summed E-state index contributed by atoms with van der Waals surface area (Å²) in [5.41, 5.74) is 0.680. The molecule has 0 aromatic heterocycles. The SMILES string of the molecule is C[C@H](NC(=O)OCc1ccccc1)C(=O)N[C@@H](CCC(=O)O)C(=O)C(F)(F)F. The van der Waals surface area contributed by atoms with Gasteiger partial charge in [0.2, 0.25) is 5.91 Å². The van der Waals surface area contributed by atoms with E-state index in [2.05, 4.69) is 5.32 Å². The fraction of sp³-hybridized carbons (Fsp3) is 0.412. The Hall–Kier alpha value is -3.11. The van der Waals surface area contributed by atoms with Crippen LogP contribution in [0.1, 0.15) is 25.3 Å². The maximum Gasteiger partial charge on any atom is 0.452 e. The molecule has 2 atom stereocenters. The van der Waals surface area contributed by atoms with Crippen molar-refractivity contribution in [1.29, 1.82) is 0 Å². The summed E-state index contributed by atoms with van der Waals surface area (Å²) in [7, 11) is 0. The van der Waals surface area contributed by atoms with E-state index in [0.29, 0.717) is 5.56 Å². The number of nitrogens with one attached hydrogen (secondary N) is 2. The molecule has 8 nitrogen and oxygen atoms in total. The van der Waals surface area contributed by atoms with E-state index in [1.54, 1.807) is 30.3 Å². The minimum Gasteiger partial charge on any atom is -0.481 e.